The second-order valence-electron chi connectivity index (χ2n) is 10.7. The van der Waals surface area contributed by atoms with Crippen LogP contribution in [0.4, 0.5) is 11.6 Å². The highest BCUT2D eigenvalue weighted by Crippen LogP contribution is 2.20. The van der Waals surface area contributed by atoms with Crippen LogP contribution in [0.2, 0.25) is 5.15 Å². The van der Waals surface area contributed by atoms with Crippen LogP contribution in [-0.4, -0.2) is 80.4 Å². The van der Waals surface area contributed by atoms with Gasteiger partial charge in [0.1, 0.15) is 11.5 Å². The van der Waals surface area contributed by atoms with Crippen LogP contribution in [0, 0.1) is 0 Å². The highest BCUT2D eigenvalue weighted by molar-refractivity contribution is 6.31. The molecule has 240 valence electrons. The van der Waals surface area contributed by atoms with Gasteiger partial charge >= 0.3 is 5.97 Å². The summed E-state index contributed by atoms with van der Waals surface area (Å²) in [5.74, 6) is 0.382. The minimum atomic E-state index is -0.594. The summed E-state index contributed by atoms with van der Waals surface area (Å²) in [6, 6.07) is 15.5. The number of nitrogens with two attached hydrogens (primary N) is 2. The van der Waals surface area contributed by atoms with Gasteiger partial charge in [-0.15, -0.1) is 0 Å². The Balaban J connectivity index is 0.00000675. The van der Waals surface area contributed by atoms with Crippen molar-refractivity contribution in [2.45, 2.75) is 38.1 Å². The molecule has 1 atom stereocenters. The summed E-state index contributed by atoms with van der Waals surface area (Å²) in [6.45, 7) is 2.11. The number of amides is 1. The fourth-order valence-electron chi connectivity index (χ4n) is 5.05. The Kier molecular flexibility index (Phi) is 14.5. The maximum absolute atomic E-state index is 13.2. The molecule has 1 aromatic heterocycles. The maximum Gasteiger partial charge on any atom is 0.307 e. The Labute approximate surface area is 270 Å². The van der Waals surface area contributed by atoms with Crippen molar-refractivity contribution < 1.29 is 40.7 Å². The molecule has 0 fully saturated rings. The highest BCUT2D eigenvalue weighted by atomic mass is 35.5. The lowest BCUT2D eigenvalue weighted by Gasteiger charge is -2.38. The first-order chi connectivity index (χ1) is 20.6. The third-order valence-corrected chi connectivity index (χ3v) is 7.68. The molecular weight excluding hydrogens is 607 g/mol. The number of aromatic nitrogens is 2. The number of anilines is 2. The average Bonchev–Trinajstić information content (AvgIpc) is 2.99. The van der Waals surface area contributed by atoms with E-state index in [-0.39, 0.29) is 41.3 Å². The van der Waals surface area contributed by atoms with E-state index < -0.39 is 17.9 Å². The molecule has 11 nitrogen and oxygen atoms in total. The Morgan fingerprint density at radius 3 is 1.82 bits per heavy atom. The third kappa shape index (κ3) is 11.0. The molecule has 0 aliphatic rings. The minimum absolute atomic E-state index is 0. The molecule has 5 N–H and O–H groups in total. The molecule has 1 heterocycles. The van der Waals surface area contributed by atoms with Crippen molar-refractivity contribution in [3.05, 3.63) is 70.5 Å². The van der Waals surface area contributed by atoms with Gasteiger partial charge in [0.2, 0.25) is 0 Å². The van der Waals surface area contributed by atoms with Crippen LogP contribution in [0.3, 0.4) is 0 Å². The molecule has 0 radical (unpaired) electrons. The number of benzene rings is 2. The van der Waals surface area contributed by atoms with Gasteiger partial charge in [-0.25, -0.2) is 9.97 Å². The molecule has 1 unspecified atom stereocenters. The highest BCUT2D eigenvalue weighted by Gasteiger charge is 2.30. The number of nitrogen functional groups attached to an aromatic ring is 2. The summed E-state index contributed by atoms with van der Waals surface area (Å²) in [6.07, 6.45) is 3.52. The van der Waals surface area contributed by atoms with Crippen LogP contribution in [0.1, 0.15) is 40.9 Å². The zero-order valence-electron chi connectivity index (χ0n) is 25.6. The number of rotatable bonds is 16. The third-order valence-electron chi connectivity index (χ3n) is 7.40. The maximum atomic E-state index is 13.2. The first-order valence-corrected chi connectivity index (χ1v) is 14.5. The SMILES string of the molecule is COC(=O)CC(C[N+](C)(CCCc1ccc(OC)cc1)CCCc1ccc(OC)cc1)NC(=O)c1nc(Cl)c(N)nc1N.[Cl-]. The summed E-state index contributed by atoms with van der Waals surface area (Å²) >= 11 is 6.00. The van der Waals surface area contributed by atoms with Crippen molar-refractivity contribution in [1.82, 2.24) is 15.3 Å². The molecule has 13 heteroatoms. The number of nitrogens with zero attached hydrogens (tertiary/aromatic N) is 3. The van der Waals surface area contributed by atoms with Crippen LogP contribution < -0.4 is 38.7 Å². The van der Waals surface area contributed by atoms with Crippen LogP contribution in [0.25, 0.3) is 0 Å². The van der Waals surface area contributed by atoms with Gasteiger partial charge in [-0.3, -0.25) is 9.59 Å². The Morgan fingerprint density at radius 2 is 1.36 bits per heavy atom. The molecule has 0 aliphatic carbocycles. The number of halogens is 2. The number of esters is 1. The fraction of sp³-hybridized carbons (Fsp3) is 0.419. The number of aryl methyl sites for hydroxylation is 2. The molecule has 0 saturated heterocycles. The van der Waals surface area contributed by atoms with Crippen molar-refractivity contribution in [2.75, 3.05) is 59.5 Å². The zero-order chi connectivity index (χ0) is 31.4. The molecule has 0 saturated carbocycles. The summed E-state index contributed by atoms with van der Waals surface area (Å²) in [7, 11) is 6.77. The number of methoxy groups -OCH3 is 3. The predicted octanol–water partition coefficient (Wildman–Crippen LogP) is 0.689. The van der Waals surface area contributed by atoms with Crippen molar-refractivity contribution in [3.63, 3.8) is 0 Å². The van der Waals surface area contributed by atoms with Gasteiger partial charge in [-0.1, -0.05) is 35.9 Å². The minimum Gasteiger partial charge on any atom is -1.00 e. The quantitative estimate of drug-likeness (QED) is 0.150. The molecule has 0 aliphatic heterocycles. The van der Waals surface area contributed by atoms with E-state index in [1.54, 1.807) is 14.2 Å². The Bertz CT molecular complexity index is 1310. The van der Waals surface area contributed by atoms with E-state index in [9.17, 15) is 9.59 Å². The number of quaternary nitrogens is 1. The number of hydrogen-bond donors (Lipinski definition) is 3. The lowest BCUT2D eigenvalue weighted by Crippen LogP contribution is -3.00. The van der Waals surface area contributed by atoms with E-state index in [2.05, 4.69) is 46.6 Å². The molecule has 3 aromatic rings. The van der Waals surface area contributed by atoms with Gasteiger partial charge in [-0.2, -0.15) is 0 Å². The summed E-state index contributed by atoms with van der Waals surface area (Å²) in [5, 5.41) is 2.79. The van der Waals surface area contributed by atoms with Crippen molar-refractivity contribution in [2.24, 2.45) is 0 Å². The standard InChI is InChI=1S/C31H41ClN6O5.ClH/c1-38(17-5-7-21-9-13-24(41-2)14-10-21,18-6-8-22-11-15-25(42-3)16-12-22)20-23(19-26(39)43-4)35-31(40)27-29(33)37-30(34)28(32)36-27;/h9-16,23H,5-8,17-20H2,1-4H3,(H4-,33,34,35,37,40);1H. The summed E-state index contributed by atoms with van der Waals surface area (Å²) in [5.41, 5.74) is 13.9. The van der Waals surface area contributed by atoms with Gasteiger partial charge < -0.3 is 47.9 Å². The van der Waals surface area contributed by atoms with E-state index in [1.165, 1.54) is 18.2 Å². The van der Waals surface area contributed by atoms with E-state index in [4.69, 9.17) is 37.3 Å². The van der Waals surface area contributed by atoms with E-state index in [0.29, 0.717) is 11.0 Å². The average molecular weight is 650 g/mol. The molecule has 3 rings (SSSR count). The van der Waals surface area contributed by atoms with Crippen molar-refractivity contribution in [3.8, 4) is 11.5 Å². The second kappa shape index (κ2) is 17.5. The number of carbonyl (C=O) groups is 2. The number of carbonyl (C=O) groups excluding carboxylic acids is 2. The number of ether oxygens (including phenoxy) is 3. The monoisotopic (exact) mass is 648 g/mol. The van der Waals surface area contributed by atoms with E-state index in [0.717, 1.165) is 50.3 Å². The fourth-order valence-corrected chi connectivity index (χ4v) is 5.18. The van der Waals surface area contributed by atoms with Gasteiger partial charge in [0.05, 0.1) is 60.5 Å². The van der Waals surface area contributed by atoms with E-state index >= 15 is 0 Å². The first-order valence-electron chi connectivity index (χ1n) is 14.1. The first kappa shape index (κ1) is 36.4. The van der Waals surface area contributed by atoms with Crippen LogP contribution in [-0.2, 0) is 22.4 Å². The van der Waals surface area contributed by atoms with Gasteiger partial charge in [0.25, 0.3) is 5.91 Å². The molecule has 0 bridgehead atoms. The number of hydrogen-bond acceptors (Lipinski definition) is 9. The summed E-state index contributed by atoms with van der Waals surface area (Å²) in [4.78, 5) is 33.5. The van der Waals surface area contributed by atoms with Gasteiger partial charge in [0.15, 0.2) is 22.5 Å². The summed E-state index contributed by atoms with van der Waals surface area (Å²) < 4.78 is 16.1. The molecule has 1 amide bonds. The Hall–Kier alpha value is -3.80. The molecule has 44 heavy (non-hydrogen) atoms. The zero-order valence-corrected chi connectivity index (χ0v) is 27.2. The van der Waals surface area contributed by atoms with Crippen LogP contribution >= 0.6 is 11.6 Å². The van der Waals surface area contributed by atoms with Crippen molar-refractivity contribution >= 4 is 35.1 Å². The lowest BCUT2D eigenvalue weighted by atomic mass is 10.1. The number of likely N-dealkylation sites (N-methyl/N-ethyl adjacent to an activating group) is 1. The van der Waals surface area contributed by atoms with E-state index in [1.807, 2.05) is 24.3 Å². The normalized spacial score (nSPS) is 11.7. The van der Waals surface area contributed by atoms with Crippen LogP contribution in [0.5, 0.6) is 11.5 Å². The van der Waals surface area contributed by atoms with Gasteiger partial charge in [0, 0.05) is 12.8 Å². The molecule has 0 spiro atoms. The number of nitrogens with one attached hydrogen (secondary N) is 1. The lowest BCUT2D eigenvalue weighted by molar-refractivity contribution is -0.911. The predicted molar refractivity (Wildman–Crippen MR) is 167 cm³/mol. The van der Waals surface area contributed by atoms with Crippen LogP contribution in [0.15, 0.2) is 48.5 Å². The molecule has 2 aromatic carbocycles. The Morgan fingerprint density at radius 1 is 0.864 bits per heavy atom. The largest absolute Gasteiger partial charge is 1.00 e. The topological polar surface area (TPSA) is 152 Å². The van der Waals surface area contributed by atoms with Gasteiger partial charge in [-0.05, 0) is 48.2 Å². The van der Waals surface area contributed by atoms with Crippen molar-refractivity contribution in [1.29, 1.82) is 0 Å². The second-order valence-corrected chi connectivity index (χ2v) is 11.1. The smallest absolute Gasteiger partial charge is 0.307 e. The molecular formula is C31H42Cl2N6O5.